The third-order valence-electron chi connectivity index (χ3n) is 4.22. The monoisotopic (exact) mass is 398 g/mol. The molecule has 0 fully saturated rings. The maximum Gasteiger partial charge on any atom is 0.337 e. The summed E-state index contributed by atoms with van der Waals surface area (Å²) in [7, 11) is 1.29. The number of para-hydroxylation sites is 1. The molecule has 1 unspecified atom stereocenters. The van der Waals surface area contributed by atoms with Gasteiger partial charge >= 0.3 is 5.97 Å². The van der Waals surface area contributed by atoms with Crippen molar-refractivity contribution in [3.63, 3.8) is 0 Å². The van der Waals surface area contributed by atoms with Crippen molar-refractivity contribution in [2.75, 3.05) is 19.0 Å². The number of amides is 2. The molecule has 2 aromatic rings. The fourth-order valence-electron chi connectivity index (χ4n) is 2.75. The number of hydrogen-bond donors (Lipinski definition) is 2. The molecular formula is C22H26N2O5. The fourth-order valence-corrected chi connectivity index (χ4v) is 2.75. The lowest BCUT2D eigenvalue weighted by molar-refractivity contribution is -0.118. The number of carbonyl (C=O) groups excluding carboxylic acids is 3. The van der Waals surface area contributed by atoms with Crippen LogP contribution in [0.2, 0.25) is 0 Å². The van der Waals surface area contributed by atoms with Crippen molar-refractivity contribution in [3.05, 3.63) is 59.7 Å². The molecule has 0 aliphatic rings. The Balaban J connectivity index is 2.16. The van der Waals surface area contributed by atoms with Gasteiger partial charge in [0.25, 0.3) is 5.91 Å². The van der Waals surface area contributed by atoms with Gasteiger partial charge in [-0.05, 0) is 43.2 Å². The third-order valence-corrected chi connectivity index (χ3v) is 4.22. The van der Waals surface area contributed by atoms with Gasteiger partial charge < -0.3 is 20.1 Å². The van der Waals surface area contributed by atoms with Gasteiger partial charge in [-0.2, -0.15) is 0 Å². The van der Waals surface area contributed by atoms with Crippen LogP contribution in [0.5, 0.6) is 5.75 Å². The molecule has 0 bridgehead atoms. The van der Waals surface area contributed by atoms with Crippen molar-refractivity contribution < 1.29 is 23.9 Å². The Kier molecular flexibility index (Phi) is 7.77. The summed E-state index contributed by atoms with van der Waals surface area (Å²) in [5, 5.41) is 5.52. The molecule has 0 saturated heterocycles. The van der Waals surface area contributed by atoms with Crippen LogP contribution in [0.3, 0.4) is 0 Å². The molecule has 2 aromatic carbocycles. The van der Waals surface area contributed by atoms with E-state index in [-0.39, 0.29) is 11.8 Å². The van der Waals surface area contributed by atoms with Crippen LogP contribution in [0, 0.1) is 5.92 Å². The Bertz CT molecular complexity index is 879. The lowest BCUT2D eigenvalue weighted by atomic mass is 10.0. The van der Waals surface area contributed by atoms with Gasteiger partial charge in [0.15, 0.2) is 0 Å². The van der Waals surface area contributed by atoms with E-state index in [1.807, 2.05) is 20.8 Å². The summed E-state index contributed by atoms with van der Waals surface area (Å²) in [4.78, 5) is 37.2. The van der Waals surface area contributed by atoms with Gasteiger partial charge in [-0.25, -0.2) is 4.79 Å². The largest absolute Gasteiger partial charge is 0.493 e. The predicted octanol–water partition coefficient (Wildman–Crippen LogP) is 3.27. The van der Waals surface area contributed by atoms with E-state index in [4.69, 9.17) is 9.47 Å². The highest BCUT2D eigenvalue weighted by Gasteiger charge is 2.26. The van der Waals surface area contributed by atoms with E-state index in [0.29, 0.717) is 29.2 Å². The van der Waals surface area contributed by atoms with Crippen LogP contribution >= 0.6 is 0 Å². The number of anilines is 1. The van der Waals surface area contributed by atoms with Crippen molar-refractivity contribution in [1.29, 1.82) is 0 Å². The molecule has 7 heteroatoms. The van der Waals surface area contributed by atoms with Gasteiger partial charge in [0.1, 0.15) is 11.8 Å². The SMILES string of the molecule is CCOc1ccccc1C(=O)NC(C(=O)Nc1cccc(C(=O)OC)c1)C(C)C. The maximum absolute atomic E-state index is 12.8. The van der Waals surface area contributed by atoms with Crippen LogP contribution in [0.15, 0.2) is 48.5 Å². The van der Waals surface area contributed by atoms with Crippen molar-refractivity contribution in [1.82, 2.24) is 5.32 Å². The summed E-state index contributed by atoms with van der Waals surface area (Å²) in [6.07, 6.45) is 0. The summed E-state index contributed by atoms with van der Waals surface area (Å²) in [6, 6.07) is 12.5. The molecule has 2 N–H and O–H groups in total. The normalized spacial score (nSPS) is 11.5. The average molecular weight is 398 g/mol. The number of esters is 1. The Hall–Kier alpha value is -3.35. The third kappa shape index (κ3) is 5.81. The highest BCUT2D eigenvalue weighted by Crippen LogP contribution is 2.19. The van der Waals surface area contributed by atoms with E-state index in [0.717, 1.165) is 0 Å². The molecule has 0 aliphatic carbocycles. The second-order valence-corrected chi connectivity index (χ2v) is 6.69. The van der Waals surface area contributed by atoms with E-state index in [9.17, 15) is 14.4 Å². The highest BCUT2D eigenvalue weighted by molar-refractivity contribution is 6.03. The van der Waals surface area contributed by atoms with Gasteiger partial charge in [0.05, 0.1) is 24.8 Å². The van der Waals surface area contributed by atoms with Crippen LogP contribution in [-0.2, 0) is 9.53 Å². The van der Waals surface area contributed by atoms with Gasteiger partial charge in [0, 0.05) is 5.69 Å². The molecule has 0 spiro atoms. The molecule has 1 atom stereocenters. The van der Waals surface area contributed by atoms with E-state index in [2.05, 4.69) is 10.6 Å². The molecular weight excluding hydrogens is 372 g/mol. The summed E-state index contributed by atoms with van der Waals surface area (Å²) in [6.45, 7) is 5.93. The molecule has 0 aromatic heterocycles. The van der Waals surface area contributed by atoms with Gasteiger partial charge in [0.2, 0.25) is 5.91 Å². The first-order valence-corrected chi connectivity index (χ1v) is 9.39. The zero-order valence-corrected chi connectivity index (χ0v) is 17.0. The molecule has 29 heavy (non-hydrogen) atoms. The average Bonchev–Trinajstić information content (AvgIpc) is 2.71. The van der Waals surface area contributed by atoms with Crippen molar-refractivity contribution in [2.24, 2.45) is 5.92 Å². The molecule has 0 aliphatic heterocycles. The quantitative estimate of drug-likeness (QED) is 0.666. The van der Waals surface area contributed by atoms with Gasteiger partial charge in [-0.15, -0.1) is 0 Å². The van der Waals surface area contributed by atoms with Crippen molar-refractivity contribution in [3.8, 4) is 5.75 Å². The zero-order chi connectivity index (χ0) is 21.4. The summed E-state index contributed by atoms with van der Waals surface area (Å²) < 4.78 is 10.2. The van der Waals surface area contributed by atoms with Crippen LogP contribution in [0.4, 0.5) is 5.69 Å². The first-order valence-electron chi connectivity index (χ1n) is 9.39. The van der Waals surface area contributed by atoms with E-state index < -0.39 is 17.9 Å². The number of methoxy groups -OCH3 is 1. The van der Waals surface area contributed by atoms with Crippen LogP contribution in [0.25, 0.3) is 0 Å². The standard InChI is InChI=1S/C22H26N2O5/c1-5-29-18-12-7-6-11-17(18)20(25)24-19(14(2)3)21(26)23-16-10-8-9-15(13-16)22(27)28-4/h6-14,19H,5H2,1-4H3,(H,23,26)(H,24,25). The van der Waals surface area contributed by atoms with E-state index >= 15 is 0 Å². The second kappa shape index (κ2) is 10.3. The number of hydrogen-bond acceptors (Lipinski definition) is 5. The summed E-state index contributed by atoms with van der Waals surface area (Å²) in [5.74, 6) is -0.985. The zero-order valence-electron chi connectivity index (χ0n) is 17.0. The van der Waals surface area contributed by atoms with E-state index in [1.165, 1.54) is 13.2 Å². The lowest BCUT2D eigenvalue weighted by Crippen LogP contribution is -2.47. The molecule has 0 heterocycles. The predicted molar refractivity (Wildman–Crippen MR) is 110 cm³/mol. The second-order valence-electron chi connectivity index (χ2n) is 6.69. The number of rotatable bonds is 8. The molecule has 2 rings (SSSR count). The minimum absolute atomic E-state index is 0.165. The molecule has 0 saturated carbocycles. The van der Waals surface area contributed by atoms with Crippen molar-refractivity contribution >= 4 is 23.5 Å². The van der Waals surface area contributed by atoms with Crippen LogP contribution in [-0.4, -0.2) is 37.5 Å². The minimum atomic E-state index is -0.779. The molecule has 0 radical (unpaired) electrons. The summed E-state index contributed by atoms with van der Waals surface area (Å²) >= 11 is 0. The van der Waals surface area contributed by atoms with Gasteiger partial charge in [-0.1, -0.05) is 32.0 Å². The highest BCUT2D eigenvalue weighted by atomic mass is 16.5. The number of benzene rings is 2. The Labute approximate surface area is 170 Å². The maximum atomic E-state index is 12.8. The number of ether oxygens (including phenoxy) is 2. The minimum Gasteiger partial charge on any atom is -0.493 e. The fraction of sp³-hybridized carbons (Fsp3) is 0.318. The lowest BCUT2D eigenvalue weighted by Gasteiger charge is -2.22. The van der Waals surface area contributed by atoms with Crippen molar-refractivity contribution in [2.45, 2.75) is 26.8 Å². The molecule has 7 nitrogen and oxygen atoms in total. The topological polar surface area (TPSA) is 93.7 Å². The molecule has 2 amide bonds. The number of carbonyl (C=O) groups is 3. The van der Waals surface area contributed by atoms with Crippen LogP contribution < -0.4 is 15.4 Å². The Morgan fingerprint density at radius 1 is 1.03 bits per heavy atom. The number of nitrogens with one attached hydrogen (secondary N) is 2. The smallest absolute Gasteiger partial charge is 0.337 e. The molecule has 154 valence electrons. The van der Waals surface area contributed by atoms with E-state index in [1.54, 1.807) is 42.5 Å². The Morgan fingerprint density at radius 2 is 1.76 bits per heavy atom. The van der Waals surface area contributed by atoms with Crippen LogP contribution in [0.1, 0.15) is 41.5 Å². The van der Waals surface area contributed by atoms with Gasteiger partial charge in [-0.3, -0.25) is 9.59 Å². The first kappa shape index (κ1) is 21.9. The first-order chi connectivity index (χ1) is 13.9. The Morgan fingerprint density at radius 3 is 2.41 bits per heavy atom. The summed E-state index contributed by atoms with van der Waals surface area (Å²) in [5.41, 5.74) is 1.12.